The first kappa shape index (κ1) is 24.5. The largest absolute Gasteiger partial charge is 0.349 e. The maximum Gasteiger partial charge on any atom is 0.221 e. The van der Waals surface area contributed by atoms with E-state index in [1.165, 1.54) is 6.07 Å². The first-order valence-electron chi connectivity index (χ1n) is 12.8. The zero-order valence-electron chi connectivity index (χ0n) is 21.0. The third-order valence-electron chi connectivity index (χ3n) is 7.00. The average molecular weight is 491 g/mol. The fourth-order valence-corrected chi connectivity index (χ4v) is 5.17. The van der Waals surface area contributed by atoms with E-state index in [-0.39, 0.29) is 30.1 Å². The molecule has 5 rings (SSSR count). The zero-order chi connectivity index (χ0) is 25.6. The van der Waals surface area contributed by atoms with E-state index in [1.54, 1.807) is 12.1 Å². The molecule has 0 saturated heterocycles. The summed E-state index contributed by atoms with van der Waals surface area (Å²) in [5.41, 5.74) is 5.17. The van der Waals surface area contributed by atoms with Crippen LogP contribution in [0.25, 0.3) is 10.9 Å². The fourth-order valence-electron chi connectivity index (χ4n) is 5.17. The summed E-state index contributed by atoms with van der Waals surface area (Å²) in [7, 11) is 0. The summed E-state index contributed by atoms with van der Waals surface area (Å²) in [5, 5.41) is 4.39. The molecular formula is C33H31FN2O. The van der Waals surface area contributed by atoms with Crippen LogP contribution in [0.4, 0.5) is 4.39 Å². The number of hydrogen-bond acceptors (Lipinski definition) is 1. The number of benzene rings is 4. The van der Waals surface area contributed by atoms with Crippen molar-refractivity contribution in [2.75, 3.05) is 0 Å². The average Bonchev–Trinajstić information content (AvgIpc) is 3.31. The molecule has 0 aliphatic rings. The van der Waals surface area contributed by atoms with Gasteiger partial charge in [0.05, 0.1) is 6.04 Å². The number of aryl methyl sites for hydroxylation is 1. The Morgan fingerprint density at radius 2 is 1.51 bits per heavy atom. The molecule has 5 aromatic rings. The van der Waals surface area contributed by atoms with E-state index in [1.807, 2.05) is 66.7 Å². The highest BCUT2D eigenvalue weighted by Gasteiger charge is 2.25. The maximum atomic E-state index is 14.3. The second kappa shape index (κ2) is 11.3. The number of fused-ring (bicyclic) bond motifs is 1. The van der Waals surface area contributed by atoms with Gasteiger partial charge >= 0.3 is 0 Å². The van der Waals surface area contributed by atoms with Crippen LogP contribution in [0.15, 0.2) is 115 Å². The summed E-state index contributed by atoms with van der Waals surface area (Å²) in [4.78, 5) is 13.7. The summed E-state index contributed by atoms with van der Waals surface area (Å²) in [6.07, 6.45) is 3.03. The number of hydrogen-bond donors (Lipinski definition) is 1. The van der Waals surface area contributed by atoms with Gasteiger partial charge in [0.15, 0.2) is 0 Å². The molecular weight excluding hydrogens is 459 g/mol. The van der Waals surface area contributed by atoms with Crippen molar-refractivity contribution in [1.82, 2.24) is 9.88 Å². The van der Waals surface area contributed by atoms with Crippen LogP contribution in [0.2, 0.25) is 0 Å². The first-order chi connectivity index (χ1) is 18.1. The van der Waals surface area contributed by atoms with Crippen LogP contribution in [0.1, 0.15) is 47.6 Å². The fraction of sp³-hybridized carbons (Fsp3) is 0.182. The summed E-state index contributed by atoms with van der Waals surface area (Å²) < 4.78 is 16.5. The van der Waals surface area contributed by atoms with Crippen molar-refractivity contribution >= 4 is 16.8 Å². The molecule has 4 heteroatoms. The molecule has 37 heavy (non-hydrogen) atoms. The van der Waals surface area contributed by atoms with E-state index in [0.29, 0.717) is 6.42 Å². The highest BCUT2D eigenvalue weighted by Crippen LogP contribution is 2.35. The molecule has 1 heterocycles. The minimum Gasteiger partial charge on any atom is -0.349 e. The number of aromatic nitrogens is 1. The first-order valence-corrected chi connectivity index (χ1v) is 12.8. The smallest absolute Gasteiger partial charge is 0.221 e. The number of nitrogens with zero attached hydrogens (tertiary/aromatic N) is 1. The minimum absolute atomic E-state index is 0.0626. The molecule has 3 nitrogen and oxygen atoms in total. The highest BCUT2D eigenvalue weighted by atomic mass is 19.1. The molecule has 1 aromatic heterocycles. The molecule has 1 amide bonds. The predicted octanol–water partition coefficient (Wildman–Crippen LogP) is 7.42. The molecule has 0 saturated carbocycles. The van der Waals surface area contributed by atoms with Crippen LogP contribution < -0.4 is 5.32 Å². The number of nitrogens with one attached hydrogen (secondary N) is 1. The monoisotopic (exact) mass is 490 g/mol. The Hall–Kier alpha value is -4.18. The Morgan fingerprint density at radius 3 is 2.24 bits per heavy atom. The lowest BCUT2D eigenvalue weighted by Gasteiger charge is -2.22. The SMILES string of the molecule is CCn1cc(C(CC(=O)NC(Cc2ccccc2)c2ccccc2)c2cccc(F)c2)c2ccccc21. The van der Waals surface area contributed by atoms with Gasteiger partial charge in [-0.3, -0.25) is 4.79 Å². The lowest BCUT2D eigenvalue weighted by atomic mass is 9.87. The maximum absolute atomic E-state index is 14.3. The molecule has 1 N–H and O–H groups in total. The van der Waals surface area contributed by atoms with Gasteiger partial charge in [0.25, 0.3) is 0 Å². The number of para-hydroxylation sites is 1. The Kier molecular flexibility index (Phi) is 7.46. The van der Waals surface area contributed by atoms with Crippen molar-refractivity contribution in [3.63, 3.8) is 0 Å². The van der Waals surface area contributed by atoms with Crippen molar-refractivity contribution in [3.8, 4) is 0 Å². The molecule has 0 spiro atoms. The number of carbonyl (C=O) groups is 1. The molecule has 0 fully saturated rings. The summed E-state index contributed by atoms with van der Waals surface area (Å²) in [6, 6.07) is 34.9. The van der Waals surface area contributed by atoms with Gasteiger partial charge in [-0.25, -0.2) is 4.39 Å². The minimum atomic E-state index is -0.298. The van der Waals surface area contributed by atoms with Crippen molar-refractivity contribution in [2.24, 2.45) is 0 Å². The highest BCUT2D eigenvalue weighted by molar-refractivity contribution is 5.86. The number of halogens is 1. The van der Waals surface area contributed by atoms with Gasteiger partial charge < -0.3 is 9.88 Å². The van der Waals surface area contributed by atoms with Gasteiger partial charge in [0.1, 0.15) is 5.82 Å². The van der Waals surface area contributed by atoms with Crippen LogP contribution >= 0.6 is 0 Å². The van der Waals surface area contributed by atoms with E-state index in [9.17, 15) is 9.18 Å². The molecule has 4 aromatic carbocycles. The van der Waals surface area contributed by atoms with Crippen LogP contribution in [-0.4, -0.2) is 10.5 Å². The Balaban J connectivity index is 1.48. The standard InChI is InChI=1S/C33H31FN2O/c1-2-36-23-30(28-18-9-10-19-32(28)36)29(26-16-11-17-27(34)21-26)22-33(37)35-31(25-14-7-4-8-15-25)20-24-12-5-3-6-13-24/h3-19,21,23,29,31H,2,20,22H2,1H3,(H,35,37). The van der Waals surface area contributed by atoms with E-state index >= 15 is 0 Å². The Bertz CT molecular complexity index is 1480. The normalized spacial score (nSPS) is 12.8. The molecule has 2 unspecified atom stereocenters. The van der Waals surface area contributed by atoms with Crippen LogP contribution in [-0.2, 0) is 17.8 Å². The lowest BCUT2D eigenvalue weighted by Crippen LogP contribution is -2.31. The summed E-state index contributed by atoms with van der Waals surface area (Å²) >= 11 is 0. The second-order valence-electron chi connectivity index (χ2n) is 9.42. The second-order valence-corrected chi connectivity index (χ2v) is 9.42. The van der Waals surface area contributed by atoms with Crippen LogP contribution in [0, 0.1) is 5.82 Å². The van der Waals surface area contributed by atoms with Crippen molar-refractivity contribution in [3.05, 3.63) is 143 Å². The van der Waals surface area contributed by atoms with Gasteiger partial charge in [0, 0.05) is 36.0 Å². The van der Waals surface area contributed by atoms with Gasteiger partial charge in [-0.05, 0) is 53.8 Å². The van der Waals surface area contributed by atoms with E-state index in [2.05, 4.69) is 47.3 Å². The number of amides is 1. The van der Waals surface area contributed by atoms with Gasteiger partial charge in [0.2, 0.25) is 5.91 Å². The van der Waals surface area contributed by atoms with Crippen LogP contribution in [0.5, 0.6) is 0 Å². The van der Waals surface area contributed by atoms with E-state index in [0.717, 1.165) is 39.7 Å². The number of rotatable bonds is 9. The van der Waals surface area contributed by atoms with Crippen molar-refractivity contribution < 1.29 is 9.18 Å². The predicted molar refractivity (Wildman–Crippen MR) is 148 cm³/mol. The van der Waals surface area contributed by atoms with Gasteiger partial charge in [-0.2, -0.15) is 0 Å². The van der Waals surface area contributed by atoms with E-state index < -0.39 is 0 Å². The molecule has 186 valence electrons. The summed E-state index contributed by atoms with van der Waals surface area (Å²) in [6.45, 7) is 2.92. The Labute approximate surface area is 217 Å². The van der Waals surface area contributed by atoms with Crippen molar-refractivity contribution in [1.29, 1.82) is 0 Å². The molecule has 0 aliphatic heterocycles. The van der Waals surface area contributed by atoms with E-state index in [4.69, 9.17) is 0 Å². The topological polar surface area (TPSA) is 34.0 Å². The molecule has 0 radical (unpaired) electrons. The number of carbonyl (C=O) groups excluding carboxylic acids is 1. The molecule has 2 atom stereocenters. The zero-order valence-corrected chi connectivity index (χ0v) is 21.0. The summed E-state index contributed by atoms with van der Waals surface area (Å²) in [5.74, 6) is -0.637. The third-order valence-corrected chi connectivity index (χ3v) is 7.00. The molecule has 0 bridgehead atoms. The Morgan fingerprint density at radius 1 is 0.838 bits per heavy atom. The van der Waals surface area contributed by atoms with Gasteiger partial charge in [-0.1, -0.05) is 91.0 Å². The lowest BCUT2D eigenvalue weighted by molar-refractivity contribution is -0.122. The van der Waals surface area contributed by atoms with Crippen molar-refractivity contribution in [2.45, 2.75) is 38.3 Å². The third kappa shape index (κ3) is 5.64. The van der Waals surface area contributed by atoms with Gasteiger partial charge in [-0.15, -0.1) is 0 Å². The quantitative estimate of drug-likeness (QED) is 0.229. The molecule has 0 aliphatic carbocycles. The van der Waals surface area contributed by atoms with Crippen LogP contribution in [0.3, 0.4) is 0 Å².